The van der Waals surface area contributed by atoms with Crippen LogP contribution in [0.4, 0.5) is 4.39 Å². The monoisotopic (exact) mass is 311 g/mol. The summed E-state index contributed by atoms with van der Waals surface area (Å²) in [5.41, 5.74) is 4.53. The lowest BCUT2D eigenvalue weighted by Crippen LogP contribution is -2.43. The van der Waals surface area contributed by atoms with Crippen molar-refractivity contribution in [3.8, 4) is 0 Å². The number of aryl methyl sites for hydroxylation is 4. The normalized spacial score (nSPS) is 18.4. The van der Waals surface area contributed by atoms with Crippen molar-refractivity contribution < 1.29 is 4.39 Å². The van der Waals surface area contributed by atoms with Gasteiger partial charge >= 0.3 is 0 Å². The van der Waals surface area contributed by atoms with Crippen LogP contribution in [0.25, 0.3) is 0 Å². The zero-order valence-electron chi connectivity index (χ0n) is 14.5. The predicted molar refractivity (Wildman–Crippen MR) is 94.7 cm³/mol. The largest absolute Gasteiger partial charge is 0.310 e. The Labute approximate surface area is 138 Å². The summed E-state index contributed by atoms with van der Waals surface area (Å²) in [6.45, 7) is 9.06. The van der Waals surface area contributed by atoms with Crippen molar-refractivity contribution in [2.24, 2.45) is 0 Å². The van der Waals surface area contributed by atoms with E-state index in [-0.39, 0.29) is 6.04 Å². The lowest BCUT2D eigenvalue weighted by molar-refractivity contribution is 0.163. The molecule has 1 N–H and O–H groups in total. The molecule has 0 aromatic heterocycles. The molecule has 0 saturated carbocycles. The van der Waals surface area contributed by atoms with Gasteiger partial charge in [0.15, 0.2) is 5.67 Å². The summed E-state index contributed by atoms with van der Waals surface area (Å²) < 4.78 is 16.6. The smallest absolute Gasteiger partial charge is 0.176 e. The molecular weight excluding hydrogens is 285 g/mol. The highest BCUT2D eigenvalue weighted by molar-refractivity contribution is 5.44. The molecule has 0 aliphatic carbocycles. The highest BCUT2D eigenvalue weighted by Gasteiger charge is 2.44. The molecule has 1 aliphatic heterocycles. The SMILES string of the molecule is Cc1cc(C)cc(C(F)(c2cc(C)cc(C)c2)C2CCCN2)c1. The molecule has 23 heavy (non-hydrogen) atoms. The molecule has 2 aromatic carbocycles. The first kappa shape index (κ1) is 16.2. The standard InChI is InChI=1S/C21H26FN/c1-14-8-15(2)11-18(10-14)21(22,20-6-5-7-23-20)19-12-16(3)9-17(4)13-19/h8-13,20,23H,5-7H2,1-4H3. The van der Waals surface area contributed by atoms with Crippen LogP contribution in [-0.4, -0.2) is 12.6 Å². The van der Waals surface area contributed by atoms with Crippen molar-refractivity contribution in [2.45, 2.75) is 52.2 Å². The molecule has 0 radical (unpaired) electrons. The minimum absolute atomic E-state index is 0.162. The van der Waals surface area contributed by atoms with E-state index in [9.17, 15) is 0 Å². The number of alkyl halides is 1. The number of rotatable bonds is 3. The zero-order chi connectivity index (χ0) is 16.6. The van der Waals surface area contributed by atoms with Crippen LogP contribution in [0.1, 0.15) is 46.2 Å². The summed E-state index contributed by atoms with van der Waals surface area (Å²) >= 11 is 0. The van der Waals surface area contributed by atoms with Crippen LogP contribution >= 0.6 is 0 Å². The maximum Gasteiger partial charge on any atom is 0.176 e. The van der Waals surface area contributed by atoms with E-state index >= 15 is 4.39 Å². The van der Waals surface area contributed by atoms with Gasteiger partial charge in [-0.05, 0) is 58.2 Å². The number of hydrogen-bond acceptors (Lipinski definition) is 1. The van der Waals surface area contributed by atoms with Crippen LogP contribution in [0.3, 0.4) is 0 Å². The van der Waals surface area contributed by atoms with Crippen molar-refractivity contribution in [2.75, 3.05) is 6.54 Å². The van der Waals surface area contributed by atoms with Gasteiger partial charge in [-0.2, -0.15) is 0 Å². The number of hydrogen-bond donors (Lipinski definition) is 1. The Balaban J connectivity index is 2.21. The van der Waals surface area contributed by atoms with Gasteiger partial charge in [-0.15, -0.1) is 0 Å². The molecule has 2 aromatic rings. The van der Waals surface area contributed by atoms with Gasteiger partial charge in [0.1, 0.15) is 0 Å². The Kier molecular flexibility index (Phi) is 4.29. The first-order chi connectivity index (χ1) is 10.9. The Bertz CT molecular complexity index is 622. The van der Waals surface area contributed by atoms with Crippen LogP contribution in [-0.2, 0) is 5.67 Å². The van der Waals surface area contributed by atoms with Crippen LogP contribution in [0.15, 0.2) is 36.4 Å². The predicted octanol–water partition coefficient (Wildman–Crippen LogP) is 4.89. The van der Waals surface area contributed by atoms with E-state index in [1.807, 2.05) is 52.0 Å². The molecule has 1 heterocycles. The Hall–Kier alpha value is -1.67. The third-order valence-corrected chi connectivity index (χ3v) is 4.82. The summed E-state index contributed by atoms with van der Waals surface area (Å²) in [6, 6.07) is 12.1. The Morgan fingerprint density at radius 3 is 1.61 bits per heavy atom. The van der Waals surface area contributed by atoms with Gasteiger partial charge in [0.05, 0.1) is 0 Å². The van der Waals surface area contributed by atoms with Gasteiger partial charge in [-0.3, -0.25) is 0 Å². The van der Waals surface area contributed by atoms with Crippen molar-refractivity contribution >= 4 is 0 Å². The minimum Gasteiger partial charge on any atom is -0.310 e. The number of benzene rings is 2. The van der Waals surface area contributed by atoms with Gasteiger partial charge in [0, 0.05) is 6.04 Å². The van der Waals surface area contributed by atoms with Gasteiger partial charge in [-0.1, -0.05) is 58.7 Å². The second-order valence-corrected chi connectivity index (χ2v) is 7.11. The Morgan fingerprint density at radius 1 is 0.826 bits per heavy atom. The number of halogens is 1. The molecule has 0 amide bonds. The average Bonchev–Trinajstić information content (AvgIpc) is 2.98. The molecular formula is C21H26FN. The summed E-state index contributed by atoms with van der Waals surface area (Å²) in [7, 11) is 0. The zero-order valence-corrected chi connectivity index (χ0v) is 14.5. The topological polar surface area (TPSA) is 12.0 Å². The minimum atomic E-state index is -1.48. The van der Waals surface area contributed by atoms with Crippen molar-refractivity contribution in [3.63, 3.8) is 0 Å². The van der Waals surface area contributed by atoms with E-state index < -0.39 is 5.67 Å². The third kappa shape index (κ3) is 3.05. The van der Waals surface area contributed by atoms with Crippen LogP contribution in [0.5, 0.6) is 0 Å². The van der Waals surface area contributed by atoms with Crippen molar-refractivity contribution in [1.29, 1.82) is 0 Å². The maximum absolute atomic E-state index is 16.6. The molecule has 2 heteroatoms. The molecule has 1 atom stereocenters. The third-order valence-electron chi connectivity index (χ3n) is 4.82. The van der Waals surface area contributed by atoms with Crippen LogP contribution < -0.4 is 5.32 Å². The van der Waals surface area contributed by atoms with Crippen LogP contribution in [0, 0.1) is 27.7 Å². The molecule has 1 fully saturated rings. The summed E-state index contributed by atoms with van der Waals surface area (Å²) in [5.74, 6) is 0. The fourth-order valence-corrected chi connectivity index (χ4v) is 3.96. The van der Waals surface area contributed by atoms with Gasteiger partial charge in [0.2, 0.25) is 0 Å². The fourth-order valence-electron chi connectivity index (χ4n) is 3.96. The molecule has 0 spiro atoms. The lowest BCUT2D eigenvalue weighted by atomic mass is 9.79. The Morgan fingerprint density at radius 2 is 1.26 bits per heavy atom. The summed E-state index contributed by atoms with van der Waals surface area (Å²) in [4.78, 5) is 0. The lowest BCUT2D eigenvalue weighted by Gasteiger charge is -2.34. The van der Waals surface area contributed by atoms with E-state index in [2.05, 4.69) is 17.4 Å². The van der Waals surface area contributed by atoms with E-state index in [4.69, 9.17) is 0 Å². The first-order valence-corrected chi connectivity index (χ1v) is 8.49. The molecule has 1 unspecified atom stereocenters. The second kappa shape index (κ2) is 6.09. The summed E-state index contributed by atoms with van der Waals surface area (Å²) in [5, 5.41) is 3.40. The van der Waals surface area contributed by atoms with Crippen molar-refractivity contribution in [3.05, 3.63) is 69.8 Å². The molecule has 0 bridgehead atoms. The molecule has 3 rings (SSSR count). The quantitative estimate of drug-likeness (QED) is 0.851. The van der Waals surface area contributed by atoms with Crippen molar-refractivity contribution in [1.82, 2.24) is 5.32 Å². The highest BCUT2D eigenvalue weighted by Crippen LogP contribution is 2.41. The van der Waals surface area contributed by atoms with Gasteiger partial charge in [-0.25, -0.2) is 4.39 Å². The van der Waals surface area contributed by atoms with Gasteiger partial charge in [0.25, 0.3) is 0 Å². The average molecular weight is 311 g/mol. The van der Waals surface area contributed by atoms with E-state index in [1.165, 1.54) is 0 Å². The maximum atomic E-state index is 16.6. The molecule has 1 saturated heterocycles. The molecule has 1 nitrogen and oxygen atoms in total. The van der Waals surface area contributed by atoms with E-state index in [0.717, 1.165) is 52.8 Å². The second-order valence-electron chi connectivity index (χ2n) is 7.11. The molecule has 122 valence electrons. The van der Waals surface area contributed by atoms with Crippen LogP contribution in [0.2, 0.25) is 0 Å². The molecule has 1 aliphatic rings. The van der Waals surface area contributed by atoms with E-state index in [0.29, 0.717) is 0 Å². The highest BCUT2D eigenvalue weighted by atomic mass is 19.1. The van der Waals surface area contributed by atoms with Gasteiger partial charge < -0.3 is 5.32 Å². The van der Waals surface area contributed by atoms with E-state index in [1.54, 1.807) is 0 Å². The first-order valence-electron chi connectivity index (χ1n) is 8.49. The fraction of sp³-hybridized carbons (Fsp3) is 0.429. The number of nitrogens with one attached hydrogen (secondary N) is 1. The summed E-state index contributed by atoms with van der Waals surface area (Å²) in [6.07, 6.45) is 1.91.